The molecule has 9 heteroatoms. The van der Waals surface area contributed by atoms with Crippen LogP contribution in [0, 0.1) is 0 Å². The SMILES string of the molecule is COC(=O)c1cc(S(C)(=O)=O)c(-c2cccnc2)cc1C(F)(F)F. The van der Waals surface area contributed by atoms with Gasteiger partial charge in [0.2, 0.25) is 0 Å². The Balaban J connectivity index is 2.91. The molecule has 0 bridgehead atoms. The molecule has 0 amide bonds. The van der Waals surface area contributed by atoms with Crippen LogP contribution in [0.2, 0.25) is 0 Å². The third-order valence-corrected chi connectivity index (χ3v) is 4.34. The molecular weight excluding hydrogens is 347 g/mol. The van der Waals surface area contributed by atoms with E-state index >= 15 is 0 Å². The minimum Gasteiger partial charge on any atom is -0.465 e. The first-order valence-corrected chi connectivity index (χ1v) is 8.39. The minimum atomic E-state index is -4.86. The van der Waals surface area contributed by atoms with Crippen molar-refractivity contribution in [3.8, 4) is 11.1 Å². The summed E-state index contributed by atoms with van der Waals surface area (Å²) < 4.78 is 68.2. The van der Waals surface area contributed by atoms with Crippen LogP contribution in [-0.2, 0) is 20.8 Å². The van der Waals surface area contributed by atoms with Crippen LogP contribution in [0.25, 0.3) is 11.1 Å². The average molecular weight is 359 g/mol. The molecule has 0 atom stereocenters. The predicted octanol–water partition coefficient (Wildman–Crippen LogP) is 2.96. The van der Waals surface area contributed by atoms with Crippen molar-refractivity contribution >= 4 is 15.8 Å². The zero-order valence-corrected chi connectivity index (χ0v) is 13.4. The maximum Gasteiger partial charge on any atom is 0.417 e. The van der Waals surface area contributed by atoms with Crippen molar-refractivity contribution in [2.45, 2.75) is 11.1 Å². The van der Waals surface area contributed by atoms with Gasteiger partial charge in [-0.25, -0.2) is 13.2 Å². The summed E-state index contributed by atoms with van der Waals surface area (Å²) in [4.78, 5) is 15.0. The fraction of sp³-hybridized carbons (Fsp3) is 0.200. The van der Waals surface area contributed by atoms with E-state index in [0.29, 0.717) is 12.1 Å². The van der Waals surface area contributed by atoms with E-state index in [-0.39, 0.29) is 11.1 Å². The summed E-state index contributed by atoms with van der Waals surface area (Å²) in [6.07, 6.45) is -1.38. The average Bonchev–Trinajstić information content (AvgIpc) is 2.52. The number of benzene rings is 1. The highest BCUT2D eigenvalue weighted by Crippen LogP contribution is 2.38. The molecule has 2 aromatic rings. The molecule has 128 valence electrons. The third kappa shape index (κ3) is 3.56. The van der Waals surface area contributed by atoms with Crippen LogP contribution in [0.5, 0.6) is 0 Å². The molecule has 0 saturated carbocycles. The fourth-order valence-corrected chi connectivity index (χ4v) is 3.06. The van der Waals surface area contributed by atoms with Crippen LogP contribution < -0.4 is 0 Å². The van der Waals surface area contributed by atoms with Crippen LogP contribution in [0.4, 0.5) is 13.2 Å². The van der Waals surface area contributed by atoms with Gasteiger partial charge in [-0.1, -0.05) is 6.07 Å². The highest BCUT2D eigenvalue weighted by Gasteiger charge is 2.37. The molecule has 24 heavy (non-hydrogen) atoms. The third-order valence-electron chi connectivity index (χ3n) is 3.20. The van der Waals surface area contributed by atoms with Crippen molar-refractivity contribution in [3.63, 3.8) is 0 Å². The van der Waals surface area contributed by atoms with Crippen molar-refractivity contribution in [3.05, 3.63) is 47.8 Å². The van der Waals surface area contributed by atoms with Gasteiger partial charge in [0.25, 0.3) is 0 Å². The molecule has 0 unspecified atom stereocenters. The lowest BCUT2D eigenvalue weighted by atomic mass is 9.99. The Morgan fingerprint density at radius 1 is 1.25 bits per heavy atom. The molecule has 1 heterocycles. The Hall–Kier alpha value is -2.42. The Kier molecular flexibility index (Phi) is 4.66. The number of carbonyl (C=O) groups excluding carboxylic acids is 1. The van der Waals surface area contributed by atoms with Crippen molar-refractivity contribution < 1.29 is 31.1 Å². The molecule has 0 N–H and O–H groups in total. The Morgan fingerprint density at radius 3 is 2.38 bits per heavy atom. The summed E-state index contributed by atoms with van der Waals surface area (Å²) in [5.74, 6) is -1.27. The number of pyridine rings is 1. The number of rotatable bonds is 3. The number of sulfone groups is 1. The molecule has 0 spiro atoms. The van der Waals surface area contributed by atoms with Crippen molar-refractivity contribution in [2.75, 3.05) is 13.4 Å². The van der Waals surface area contributed by atoms with Gasteiger partial charge in [0.05, 0.1) is 23.1 Å². The van der Waals surface area contributed by atoms with Gasteiger partial charge in [-0.15, -0.1) is 0 Å². The summed E-state index contributed by atoms with van der Waals surface area (Å²) in [5, 5.41) is 0. The Bertz CT molecular complexity index is 878. The lowest BCUT2D eigenvalue weighted by molar-refractivity contribution is -0.138. The number of esters is 1. The standard InChI is InChI=1S/C15H12F3NO4S/c1-23-14(20)11-7-13(24(2,21)22)10(6-12(11)15(16,17)18)9-4-3-5-19-8-9/h3-8H,1-2H3. The van der Waals surface area contributed by atoms with E-state index in [1.807, 2.05) is 0 Å². The lowest BCUT2D eigenvalue weighted by Crippen LogP contribution is -2.16. The smallest absolute Gasteiger partial charge is 0.417 e. The van der Waals surface area contributed by atoms with Gasteiger partial charge in [0.1, 0.15) is 0 Å². The summed E-state index contributed by atoms with van der Waals surface area (Å²) in [6, 6.07) is 4.20. The highest BCUT2D eigenvalue weighted by molar-refractivity contribution is 7.90. The van der Waals surface area contributed by atoms with Crippen LogP contribution in [0.3, 0.4) is 0 Å². The number of alkyl halides is 3. The van der Waals surface area contributed by atoms with Gasteiger partial charge in [-0.2, -0.15) is 13.2 Å². The van der Waals surface area contributed by atoms with E-state index in [1.54, 1.807) is 0 Å². The molecule has 0 aliphatic rings. The second-order valence-electron chi connectivity index (χ2n) is 4.90. The number of ether oxygens (including phenoxy) is 1. The Labute approximate surface area is 136 Å². The number of hydrogen-bond acceptors (Lipinski definition) is 5. The van der Waals surface area contributed by atoms with E-state index in [4.69, 9.17) is 0 Å². The number of methoxy groups -OCH3 is 1. The minimum absolute atomic E-state index is 0.180. The molecular formula is C15H12F3NO4S. The topological polar surface area (TPSA) is 73.3 Å². The van der Waals surface area contributed by atoms with Gasteiger partial charge >= 0.3 is 12.1 Å². The lowest BCUT2D eigenvalue weighted by Gasteiger charge is -2.16. The van der Waals surface area contributed by atoms with Gasteiger partial charge in [0, 0.05) is 29.8 Å². The zero-order valence-electron chi connectivity index (χ0n) is 12.6. The van der Waals surface area contributed by atoms with Gasteiger partial charge in [0.15, 0.2) is 9.84 Å². The first kappa shape index (κ1) is 17.9. The first-order chi connectivity index (χ1) is 11.1. The molecule has 5 nitrogen and oxygen atoms in total. The number of aromatic nitrogens is 1. The second-order valence-corrected chi connectivity index (χ2v) is 6.88. The molecule has 0 aliphatic carbocycles. The van der Waals surface area contributed by atoms with Gasteiger partial charge < -0.3 is 4.74 Å². The van der Waals surface area contributed by atoms with Crippen molar-refractivity contribution in [1.82, 2.24) is 4.98 Å². The van der Waals surface area contributed by atoms with Crippen molar-refractivity contribution in [1.29, 1.82) is 0 Å². The van der Waals surface area contributed by atoms with Crippen LogP contribution in [0.1, 0.15) is 15.9 Å². The number of hydrogen-bond donors (Lipinski definition) is 0. The summed E-state index contributed by atoms with van der Waals surface area (Å²) in [5.41, 5.74) is -2.15. The van der Waals surface area contributed by atoms with Crippen LogP contribution in [0.15, 0.2) is 41.6 Å². The monoisotopic (exact) mass is 359 g/mol. The molecule has 0 saturated heterocycles. The molecule has 0 aliphatic heterocycles. The maximum atomic E-state index is 13.3. The first-order valence-electron chi connectivity index (χ1n) is 6.49. The highest BCUT2D eigenvalue weighted by atomic mass is 32.2. The van der Waals surface area contributed by atoms with Crippen LogP contribution >= 0.6 is 0 Å². The molecule has 1 aromatic carbocycles. The van der Waals surface area contributed by atoms with Gasteiger partial charge in [-0.05, 0) is 18.2 Å². The zero-order chi connectivity index (χ0) is 18.1. The maximum absolute atomic E-state index is 13.3. The van der Waals surface area contributed by atoms with E-state index in [9.17, 15) is 26.4 Å². The summed E-state index contributed by atoms with van der Waals surface area (Å²) in [6.45, 7) is 0. The number of halogens is 3. The van der Waals surface area contributed by atoms with E-state index in [1.165, 1.54) is 24.5 Å². The van der Waals surface area contributed by atoms with E-state index in [0.717, 1.165) is 13.4 Å². The number of carbonyl (C=O) groups is 1. The van der Waals surface area contributed by atoms with Crippen LogP contribution in [-0.4, -0.2) is 32.7 Å². The Morgan fingerprint density at radius 2 is 1.92 bits per heavy atom. The summed E-state index contributed by atoms with van der Waals surface area (Å²) in [7, 11) is -3.00. The quantitative estimate of drug-likeness (QED) is 0.788. The molecule has 0 radical (unpaired) electrons. The summed E-state index contributed by atoms with van der Waals surface area (Å²) >= 11 is 0. The largest absolute Gasteiger partial charge is 0.465 e. The van der Waals surface area contributed by atoms with Gasteiger partial charge in [-0.3, -0.25) is 4.98 Å². The fourth-order valence-electron chi connectivity index (χ4n) is 2.15. The second kappa shape index (κ2) is 6.23. The van der Waals surface area contributed by atoms with Crippen molar-refractivity contribution in [2.24, 2.45) is 0 Å². The van der Waals surface area contributed by atoms with E-state index < -0.39 is 38.0 Å². The van der Waals surface area contributed by atoms with E-state index in [2.05, 4.69) is 9.72 Å². The molecule has 0 fully saturated rings. The normalized spacial score (nSPS) is 12.0. The molecule has 2 rings (SSSR count). The predicted molar refractivity (Wildman–Crippen MR) is 79.1 cm³/mol. The number of nitrogens with zero attached hydrogens (tertiary/aromatic N) is 1. The molecule has 1 aromatic heterocycles.